The van der Waals surface area contributed by atoms with Crippen LogP contribution in [0.15, 0.2) is 35.2 Å². The molecule has 5 heteroatoms. The van der Waals surface area contributed by atoms with Gasteiger partial charge in [0.1, 0.15) is 12.4 Å². The Balaban J connectivity index is 2.10. The smallest absolute Gasteiger partial charge is 0.130 e. The lowest BCUT2D eigenvalue weighted by Crippen LogP contribution is -2.05. The zero-order chi connectivity index (χ0) is 13.0. The van der Waals surface area contributed by atoms with Gasteiger partial charge in [-0.1, -0.05) is 15.9 Å². The summed E-state index contributed by atoms with van der Waals surface area (Å²) in [7, 11) is 0. The maximum atomic E-state index is 9.28. The van der Waals surface area contributed by atoms with Gasteiger partial charge in [-0.3, -0.25) is 0 Å². The Morgan fingerprint density at radius 3 is 3.00 bits per heavy atom. The Bertz CT molecular complexity index is 525. The van der Waals surface area contributed by atoms with Gasteiger partial charge in [-0.05, 0) is 25.1 Å². The van der Waals surface area contributed by atoms with Crippen LogP contribution in [0, 0.1) is 0 Å². The molecule has 0 unspecified atom stereocenters. The van der Waals surface area contributed by atoms with Crippen LogP contribution in [0.3, 0.4) is 0 Å². The van der Waals surface area contributed by atoms with Crippen molar-refractivity contribution >= 4 is 15.9 Å². The molecule has 18 heavy (non-hydrogen) atoms. The number of aryl methyl sites for hydroxylation is 1. The molecule has 0 saturated heterocycles. The van der Waals surface area contributed by atoms with Gasteiger partial charge < -0.3 is 14.4 Å². The minimum absolute atomic E-state index is 0.0399. The van der Waals surface area contributed by atoms with Crippen molar-refractivity contribution in [2.45, 2.75) is 26.7 Å². The van der Waals surface area contributed by atoms with Gasteiger partial charge in [-0.2, -0.15) is 0 Å². The van der Waals surface area contributed by atoms with E-state index in [4.69, 9.17) is 4.74 Å². The topological polar surface area (TPSA) is 47.3 Å². The van der Waals surface area contributed by atoms with Gasteiger partial charge in [0, 0.05) is 16.6 Å². The van der Waals surface area contributed by atoms with E-state index in [1.165, 1.54) is 0 Å². The molecule has 96 valence electrons. The number of hydrogen-bond donors (Lipinski definition) is 1. The van der Waals surface area contributed by atoms with Crippen molar-refractivity contribution in [2.24, 2.45) is 0 Å². The second-order valence-corrected chi connectivity index (χ2v) is 4.79. The molecule has 0 aliphatic heterocycles. The molecule has 0 aliphatic rings. The molecule has 0 bridgehead atoms. The average molecular weight is 311 g/mol. The summed E-state index contributed by atoms with van der Waals surface area (Å²) < 4.78 is 8.68. The Morgan fingerprint density at radius 2 is 2.28 bits per heavy atom. The van der Waals surface area contributed by atoms with Crippen LogP contribution in [0.5, 0.6) is 5.75 Å². The predicted octanol–water partition coefficient (Wildman–Crippen LogP) is 2.74. The van der Waals surface area contributed by atoms with Crippen LogP contribution in [-0.2, 0) is 19.8 Å². The highest BCUT2D eigenvalue weighted by Crippen LogP contribution is 2.24. The zero-order valence-electron chi connectivity index (χ0n) is 10.1. The van der Waals surface area contributed by atoms with Crippen LogP contribution in [-0.4, -0.2) is 14.7 Å². The molecule has 0 spiro atoms. The number of aliphatic hydroxyl groups is 1. The second kappa shape index (κ2) is 6.02. The van der Waals surface area contributed by atoms with E-state index in [-0.39, 0.29) is 6.61 Å². The van der Waals surface area contributed by atoms with Crippen LogP contribution < -0.4 is 4.74 Å². The number of aromatic nitrogens is 2. The summed E-state index contributed by atoms with van der Waals surface area (Å²) >= 11 is 3.37. The minimum atomic E-state index is -0.0399. The molecule has 0 amide bonds. The summed E-state index contributed by atoms with van der Waals surface area (Å²) in [4.78, 5) is 4.09. The van der Waals surface area contributed by atoms with Crippen molar-refractivity contribution < 1.29 is 9.84 Å². The van der Waals surface area contributed by atoms with E-state index in [2.05, 4.69) is 27.8 Å². The summed E-state index contributed by atoms with van der Waals surface area (Å²) in [6, 6.07) is 5.60. The first-order valence-corrected chi connectivity index (χ1v) is 6.55. The molecular weight excluding hydrogens is 296 g/mol. The predicted molar refractivity (Wildman–Crippen MR) is 72.3 cm³/mol. The number of rotatable bonds is 5. The largest absolute Gasteiger partial charge is 0.487 e. The average Bonchev–Trinajstić information content (AvgIpc) is 2.84. The van der Waals surface area contributed by atoms with Crippen molar-refractivity contribution in [3.8, 4) is 5.75 Å². The van der Waals surface area contributed by atoms with Crippen LogP contribution >= 0.6 is 15.9 Å². The van der Waals surface area contributed by atoms with Crippen LogP contribution in [0.1, 0.15) is 18.2 Å². The van der Waals surface area contributed by atoms with E-state index >= 15 is 0 Å². The van der Waals surface area contributed by atoms with Gasteiger partial charge in [-0.15, -0.1) is 0 Å². The van der Waals surface area contributed by atoms with Crippen molar-refractivity contribution in [2.75, 3.05) is 0 Å². The third kappa shape index (κ3) is 2.91. The van der Waals surface area contributed by atoms with Gasteiger partial charge >= 0.3 is 0 Å². The fourth-order valence-corrected chi connectivity index (χ4v) is 2.13. The lowest BCUT2D eigenvalue weighted by atomic mass is 10.2. The Kier molecular flexibility index (Phi) is 4.38. The molecule has 2 rings (SSSR count). The van der Waals surface area contributed by atoms with E-state index in [1.807, 2.05) is 22.8 Å². The number of halogens is 1. The van der Waals surface area contributed by atoms with E-state index in [9.17, 15) is 5.11 Å². The fraction of sp³-hybridized carbons (Fsp3) is 0.308. The van der Waals surface area contributed by atoms with Crippen molar-refractivity contribution in [3.63, 3.8) is 0 Å². The monoisotopic (exact) mass is 310 g/mol. The minimum Gasteiger partial charge on any atom is -0.487 e. The van der Waals surface area contributed by atoms with Crippen LogP contribution in [0.2, 0.25) is 0 Å². The SMILES string of the molecule is CCn1cncc1COc1ccc(Br)cc1CO. The summed E-state index contributed by atoms with van der Waals surface area (Å²) in [6.45, 7) is 3.33. The highest BCUT2D eigenvalue weighted by atomic mass is 79.9. The van der Waals surface area contributed by atoms with Gasteiger partial charge in [0.2, 0.25) is 0 Å². The third-order valence-corrected chi connectivity index (χ3v) is 3.20. The highest BCUT2D eigenvalue weighted by Gasteiger charge is 2.06. The van der Waals surface area contributed by atoms with Gasteiger partial charge in [0.15, 0.2) is 0 Å². The third-order valence-electron chi connectivity index (χ3n) is 2.71. The van der Waals surface area contributed by atoms with E-state index in [1.54, 1.807) is 12.5 Å². The highest BCUT2D eigenvalue weighted by molar-refractivity contribution is 9.10. The Hall–Kier alpha value is -1.33. The number of benzene rings is 1. The first-order chi connectivity index (χ1) is 8.74. The van der Waals surface area contributed by atoms with Crippen molar-refractivity contribution in [1.82, 2.24) is 9.55 Å². The Labute approximate surface area is 114 Å². The maximum Gasteiger partial charge on any atom is 0.130 e. The lowest BCUT2D eigenvalue weighted by molar-refractivity contribution is 0.255. The fourth-order valence-electron chi connectivity index (χ4n) is 1.72. The molecule has 0 saturated carbocycles. The second-order valence-electron chi connectivity index (χ2n) is 3.87. The maximum absolute atomic E-state index is 9.28. The molecule has 0 aliphatic carbocycles. The van der Waals surface area contributed by atoms with Gasteiger partial charge in [-0.25, -0.2) is 4.98 Å². The summed E-state index contributed by atoms with van der Waals surface area (Å²) in [5, 5.41) is 9.28. The number of ether oxygens (including phenoxy) is 1. The van der Waals surface area contributed by atoms with Crippen molar-refractivity contribution in [1.29, 1.82) is 0 Å². The first kappa shape index (κ1) is 13.1. The summed E-state index contributed by atoms with van der Waals surface area (Å²) in [5.41, 5.74) is 1.79. The van der Waals surface area contributed by atoms with Crippen LogP contribution in [0.25, 0.3) is 0 Å². The number of nitrogens with zero attached hydrogens (tertiary/aromatic N) is 2. The molecule has 1 aromatic heterocycles. The summed E-state index contributed by atoms with van der Waals surface area (Å²) in [6.07, 6.45) is 3.58. The molecule has 0 radical (unpaired) electrons. The number of aliphatic hydroxyl groups excluding tert-OH is 1. The van der Waals surface area contributed by atoms with E-state index in [0.29, 0.717) is 12.4 Å². The number of hydrogen-bond acceptors (Lipinski definition) is 3. The van der Waals surface area contributed by atoms with Gasteiger partial charge in [0.25, 0.3) is 0 Å². The van der Waals surface area contributed by atoms with E-state index < -0.39 is 0 Å². The Morgan fingerprint density at radius 1 is 1.44 bits per heavy atom. The summed E-state index contributed by atoms with van der Waals surface area (Å²) in [5.74, 6) is 0.699. The number of imidazole rings is 1. The zero-order valence-corrected chi connectivity index (χ0v) is 11.7. The molecule has 1 N–H and O–H groups in total. The first-order valence-electron chi connectivity index (χ1n) is 5.75. The van der Waals surface area contributed by atoms with Crippen molar-refractivity contribution in [3.05, 3.63) is 46.5 Å². The molecule has 1 heterocycles. The molecule has 2 aromatic rings. The molecule has 1 aromatic carbocycles. The normalized spacial score (nSPS) is 10.6. The van der Waals surface area contributed by atoms with Crippen LogP contribution in [0.4, 0.5) is 0 Å². The quantitative estimate of drug-likeness (QED) is 0.923. The standard InChI is InChI=1S/C13H15BrN2O2/c1-2-16-9-15-6-12(16)8-18-13-4-3-11(14)5-10(13)7-17/h3-6,9,17H,2,7-8H2,1H3. The molecule has 0 fully saturated rings. The molecule has 4 nitrogen and oxygen atoms in total. The molecule has 0 atom stereocenters. The van der Waals surface area contributed by atoms with Gasteiger partial charge in [0.05, 0.1) is 24.8 Å². The van der Waals surface area contributed by atoms with E-state index in [0.717, 1.165) is 22.3 Å². The lowest BCUT2D eigenvalue weighted by Gasteiger charge is -2.11. The molecular formula is C13H15BrN2O2.